The Bertz CT molecular complexity index is 4200. The van der Waals surface area contributed by atoms with Crippen LogP contribution in [0.4, 0.5) is 5.69 Å². The predicted octanol–water partition coefficient (Wildman–Crippen LogP) is 19.0. The number of carbonyl (C=O) groups is 1. The maximum absolute atomic E-state index is 12.4. The van der Waals surface area contributed by atoms with Crippen molar-refractivity contribution in [3.8, 4) is 22.6 Å². The summed E-state index contributed by atoms with van der Waals surface area (Å²) >= 11 is 0. The Labute approximate surface area is 638 Å². The predicted molar refractivity (Wildman–Crippen MR) is 453 cm³/mol. The third-order valence-electron chi connectivity index (χ3n) is 16.9. The third kappa shape index (κ3) is 21.1. The van der Waals surface area contributed by atoms with E-state index < -0.39 is 31.7 Å². The van der Waals surface area contributed by atoms with Crippen molar-refractivity contribution in [3.63, 3.8) is 0 Å². The maximum atomic E-state index is 12.4. The first-order valence-electron chi connectivity index (χ1n) is 34.8. The van der Waals surface area contributed by atoms with Gasteiger partial charge in [-0.3, -0.25) is 4.79 Å². The van der Waals surface area contributed by atoms with Crippen LogP contribution in [-0.4, -0.2) is 19.6 Å². The minimum atomic E-state index is -0.446. The van der Waals surface area contributed by atoms with Gasteiger partial charge in [-0.15, -0.1) is 0 Å². The quantitative estimate of drug-likeness (QED) is 0.0561. The first-order chi connectivity index (χ1) is 51.5. The van der Waals surface area contributed by atoms with Gasteiger partial charge in [0.15, 0.2) is 0 Å². The standard InChI is InChI=1S/C24H21NO3.4C18H15P.Pd/c1-3-28-18-8-6-7-17(15-18)20-13-16(11-12-23(20)27-2)14-21-19-9-4-5-10-22(19)25-24(21)26;4*1-4-10-16(11-5-1)19(17-12-6-2-7-13-17)18-14-8-3-9-15-18;/h4-15H,3H2,1-2H3,(H,25,26);4*1-15H;. The molecule has 4 nitrogen and oxygen atoms in total. The molecule has 0 saturated heterocycles. The molecule has 15 aromatic carbocycles. The summed E-state index contributed by atoms with van der Waals surface area (Å²) in [6.07, 6.45) is 1.91. The van der Waals surface area contributed by atoms with E-state index in [0.717, 1.165) is 39.4 Å². The van der Waals surface area contributed by atoms with Crippen molar-refractivity contribution >= 4 is 119 Å². The van der Waals surface area contributed by atoms with Gasteiger partial charge in [-0.05, 0) is 150 Å². The summed E-state index contributed by atoms with van der Waals surface area (Å²) in [7, 11) is -0.127. The first kappa shape index (κ1) is 75.6. The van der Waals surface area contributed by atoms with Crippen LogP contribution in [0.25, 0.3) is 22.8 Å². The number of hydrogen-bond donors (Lipinski definition) is 1. The Kier molecular flexibility index (Phi) is 29.2. The first-order valence-corrected chi connectivity index (χ1v) is 40.2. The van der Waals surface area contributed by atoms with Crippen LogP contribution in [0, 0.1) is 0 Å². The van der Waals surface area contributed by atoms with Crippen LogP contribution < -0.4 is 78.4 Å². The summed E-state index contributed by atoms with van der Waals surface area (Å²) in [5.74, 6) is 1.50. The topological polar surface area (TPSA) is 47.6 Å². The van der Waals surface area contributed by atoms with E-state index in [1.807, 2.05) is 79.7 Å². The van der Waals surface area contributed by atoms with E-state index in [1.165, 1.54) is 63.7 Å². The second-order valence-corrected chi connectivity index (χ2v) is 32.7. The van der Waals surface area contributed by atoms with Crippen molar-refractivity contribution in [2.24, 2.45) is 0 Å². The van der Waals surface area contributed by atoms with Gasteiger partial charge in [0.1, 0.15) is 11.5 Å². The number of methoxy groups -OCH3 is 1. The molecule has 1 aliphatic heterocycles. The number of fused-ring (bicyclic) bond motifs is 1. The Balaban J connectivity index is 0.000000132. The van der Waals surface area contributed by atoms with Gasteiger partial charge in [0, 0.05) is 42.8 Å². The molecule has 0 spiro atoms. The number of benzene rings is 15. The fourth-order valence-corrected chi connectivity index (χ4v) is 21.3. The largest absolute Gasteiger partial charge is 0.496 e. The molecule has 9 heteroatoms. The summed E-state index contributed by atoms with van der Waals surface area (Å²) < 4.78 is 11.2. The van der Waals surface area contributed by atoms with Gasteiger partial charge in [-0.2, -0.15) is 0 Å². The van der Waals surface area contributed by atoms with Crippen LogP contribution in [0.2, 0.25) is 0 Å². The Morgan fingerprint density at radius 2 is 0.562 bits per heavy atom. The minimum absolute atomic E-state index is 0. The van der Waals surface area contributed by atoms with Gasteiger partial charge < -0.3 is 14.8 Å². The van der Waals surface area contributed by atoms with E-state index in [9.17, 15) is 4.79 Å². The Morgan fingerprint density at radius 1 is 0.295 bits per heavy atom. The number of hydrogen-bond acceptors (Lipinski definition) is 3. The van der Waals surface area contributed by atoms with Gasteiger partial charge in [-0.25, -0.2) is 0 Å². The van der Waals surface area contributed by atoms with Gasteiger partial charge >= 0.3 is 0 Å². The van der Waals surface area contributed by atoms with E-state index in [2.05, 4.69) is 369 Å². The molecule has 0 saturated carbocycles. The van der Waals surface area contributed by atoms with E-state index in [-0.39, 0.29) is 26.3 Å². The molecule has 0 bridgehead atoms. The SMILES string of the molecule is CCOc1cccc(-c2cc(C=C3C(=O)Nc4ccccc43)ccc2OC)c1.[Pd].c1ccc(P(c2ccccc2)c2ccccc2)cc1.c1ccc(P(c2ccccc2)c2ccccc2)cc1.c1ccc(P(c2ccccc2)c2ccccc2)cc1.c1ccc(P(c2ccccc2)c2ccccc2)cc1. The molecule has 1 heterocycles. The molecule has 0 radical (unpaired) electrons. The number of para-hydroxylation sites is 1. The smallest absolute Gasteiger partial charge is 0.256 e. The van der Waals surface area contributed by atoms with Crippen LogP contribution in [-0.2, 0) is 25.2 Å². The van der Waals surface area contributed by atoms with E-state index >= 15 is 0 Å². The van der Waals surface area contributed by atoms with Crippen LogP contribution in [0.5, 0.6) is 11.5 Å². The second kappa shape index (κ2) is 40.5. The molecular weight excluding hydrogens is 1450 g/mol. The second-order valence-electron chi connectivity index (χ2n) is 23.8. The average Bonchev–Trinajstić information content (AvgIpc) is 1.69. The van der Waals surface area contributed by atoms with Crippen LogP contribution in [0.15, 0.2) is 431 Å². The summed E-state index contributed by atoms with van der Waals surface area (Å²) in [6, 6.07) is 151. The van der Waals surface area contributed by atoms with Crippen molar-refractivity contribution in [2.75, 3.05) is 19.0 Å². The zero-order valence-corrected chi connectivity index (χ0v) is 63.7. The van der Waals surface area contributed by atoms with E-state index in [4.69, 9.17) is 9.47 Å². The van der Waals surface area contributed by atoms with Crippen molar-refractivity contribution in [2.45, 2.75) is 6.92 Å². The maximum Gasteiger partial charge on any atom is 0.256 e. The fraction of sp³-hybridized carbons (Fsp3) is 0.0312. The molecule has 1 aliphatic rings. The molecule has 1 amide bonds. The zero-order valence-electron chi connectivity index (χ0n) is 58.6. The van der Waals surface area contributed by atoms with Gasteiger partial charge in [-0.1, -0.05) is 400 Å². The number of amides is 1. The molecule has 518 valence electrons. The number of rotatable bonds is 17. The third-order valence-corrected chi connectivity index (χ3v) is 26.6. The van der Waals surface area contributed by atoms with Crippen molar-refractivity contribution < 1.29 is 34.7 Å². The molecule has 0 atom stereocenters. The number of carbonyl (C=O) groups excluding carboxylic acids is 1. The molecular formula is C96H81NO3P4Pd. The zero-order chi connectivity index (χ0) is 71.2. The molecule has 105 heavy (non-hydrogen) atoms. The van der Waals surface area contributed by atoms with Gasteiger partial charge in [0.05, 0.1) is 13.7 Å². The summed E-state index contributed by atoms with van der Waals surface area (Å²) in [5, 5.41) is 19.7. The Hall–Kier alpha value is -10.5. The van der Waals surface area contributed by atoms with Crippen LogP contribution >= 0.6 is 31.7 Å². The molecule has 0 fully saturated rings. The number of anilines is 1. The molecule has 1 N–H and O–H groups in total. The summed E-state index contributed by atoms with van der Waals surface area (Å²) in [6.45, 7) is 2.58. The summed E-state index contributed by atoms with van der Waals surface area (Å²) in [4.78, 5) is 12.4. The van der Waals surface area contributed by atoms with Crippen molar-refractivity contribution in [3.05, 3.63) is 442 Å². The van der Waals surface area contributed by atoms with E-state index in [1.54, 1.807) is 7.11 Å². The van der Waals surface area contributed by atoms with Crippen LogP contribution in [0.1, 0.15) is 18.1 Å². The van der Waals surface area contributed by atoms with Gasteiger partial charge in [0.25, 0.3) is 5.91 Å². The van der Waals surface area contributed by atoms with Crippen LogP contribution in [0.3, 0.4) is 0 Å². The molecule has 0 aliphatic carbocycles. The number of nitrogens with one attached hydrogen (secondary N) is 1. The van der Waals surface area contributed by atoms with Crippen molar-refractivity contribution in [1.29, 1.82) is 0 Å². The van der Waals surface area contributed by atoms with E-state index in [0.29, 0.717) is 12.2 Å². The van der Waals surface area contributed by atoms with Crippen molar-refractivity contribution in [1.82, 2.24) is 0 Å². The molecule has 15 aromatic rings. The minimum Gasteiger partial charge on any atom is -0.496 e. The molecule has 0 unspecified atom stereocenters. The molecule has 0 aromatic heterocycles. The molecule has 16 rings (SSSR count). The Morgan fingerprint density at radius 3 is 0.829 bits per heavy atom. The van der Waals surface area contributed by atoms with Gasteiger partial charge in [0.2, 0.25) is 0 Å². The monoisotopic (exact) mass is 1530 g/mol. The normalized spacial score (nSPS) is 11.4. The fourth-order valence-electron chi connectivity index (χ4n) is 12.1. The summed E-state index contributed by atoms with van der Waals surface area (Å²) in [5.41, 5.74) is 5.30. The average molecular weight is 1530 g/mol. The number of ether oxygens (including phenoxy) is 2.